The molecule has 2 heterocycles. The molecular formula is C16H12F3N5O2. The van der Waals surface area contributed by atoms with E-state index in [1.807, 2.05) is 0 Å². The average Bonchev–Trinajstić information content (AvgIpc) is 2.99. The van der Waals surface area contributed by atoms with Gasteiger partial charge in [-0.15, -0.1) is 0 Å². The van der Waals surface area contributed by atoms with Crippen LogP contribution in [0.1, 0.15) is 16.9 Å². The zero-order chi connectivity index (χ0) is 18.7. The van der Waals surface area contributed by atoms with Crippen LogP contribution in [0.4, 0.5) is 24.5 Å². The van der Waals surface area contributed by atoms with E-state index in [9.17, 15) is 22.8 Å². The minimum atomic E-state index is -4.57. The number of aromatic nitrogens is 3. The predicted octanol–water partition coefficient (Wildman–Crippen LogP) is 2.87. The van der Waals surface area contributed by atoms with Crippen molar-refractivity contribution in [3.05, 3.63) is 54.7 Å². The first-order valence-corrected chi connectivity index (χ1v) is 7.37. The first kappa shape index (κ1) is 17.4. The second kappa shape index (κ2) is 6.82. The molecule has 0 saturated heterocycles. The zero-order valence-corrected chi connectivity index (χ0v) is 13.1. The number of benzene rings is 1. The number of imidazole rings is 1. The Bertz CT molecular complexity index is 950. The van der Waals surface area contributed by atoms with Gasteiger partial charge in [0.05, 0.1) is 0 Å². The smallest absolute Gasteiger partial charge is 0.326 e. The minimum absolute atomic E-state index is 0.133. The lowest BCUT2D eigenvalue weighted by molar-refractivity contribution is -0.150. The van der Waals surface area contributed by atoms with Crippen molar-refractivity contribution in [1.82, 2.24) is 14.4 Å². The lowest BCUT2D eigenvalue weighted by Crippen LogP contribution is -2.21. The topological polar surface area (TPSA) is 88.4 Å². The van der Waals surface area contributed by atoms with Gasteiger partial charge in [0.15, 0.2) is 11.3 Å². The third kappa shape index (κ3) is 4.15. The molecule has 0 spiro atoms. The summed E-state index contributed by atoms with van der Waals surface area (Å²) in [6, 6.07) is 7.36. The number of nitrogens with one attached hydrogen (secondary N) is 2. The Hall–Kier alpha value is -3.43. The second-order valence-electron chi connectivity index (χ2n) is 5.32. The van der Waals surface area contributed by atoms with Gasteiger partial charge < -0.3 is 10.6 Å². The number of fused-ring (bicyclic) bond motifs is 1. The van der Waals surface area contributed by atoms with E-state index in [1.165, 1.54) is 36.8 Å². The Morgan fingerprint density at radius 2 is 1.69 bits per heavy atom. The lowest BCUT2D eigenvalue weighted by atomic mass is 10.2. The number of carbonyl (C=O) groups excluding carboxylic acids is 2. The van der Waals surface area contributed by atoms with Crippen molar-refractivity contribution in [2.45, 2.75) is 12.6 Å². The van der Waals surface area contributed by atoms with Crippen LogP contribution in [0.25, 0.3) is 5.65 Å². The molecule has 0 unspecified atom stereocenters. The summed E-state index contributed by atoms with van der Waals surface area (Å²) in [4.78, 5) is 31.6. The molecular weight excluding hydrogens is 351 g/mol. The van der Waals surface area contributed by atoms with E-state index in [4.69, 9.17) is 0 Å². The lowest BCUT2D eigenvalue weighted by Gasteiger charge is -2.09. The van der Waals surface area contributed by atoms with E-state index in [1.54, 1.807) is 16.7 Å². The number of nitrogens with zero attached hydrogens (tertiary/aromatic N) is 3. The maximum absolute atomic E-state index is 12.3. The number of alkyl halides is 3. The zero-order valence-electron chi connectivity index (χ0n) is 13.1. The van der Waals surface area contributed by atoms with Gasteiger partial charge in [-0.05, 0) is 30.3 Å². The molecule has 2 N–H and O–H groups in total. The molecule has 0 aliphatic heterocycles. The average molecular weight is 363 g/mol. The molecule has 0 aliphatic carbocycles. The Morgan fingerprint density at radius 3 is 2.35 bits per heavy atom. The molecule has 0 aliphatic rings. The van der Waals surface area contributed by atoms with Gasteiger partial charge in [0.2, 0.25) is 5.91 Å². The number of halogens is 3. The molecule has 2 aromatic heterocycles. The summed E-state index contributed by atoms with van der Waals surface area (Å²) in [5.74, 6) is -1.65. The third-order valence-corrected chi connectivity index (χ3v) is 3.30. The molecule has 3 aromatic rings. The van der Waals surface area contributed by atoms with E-state index < -0.39 is 24.4 Å². The summed E-state index contributed by atoms with van der Waals surface area (Å²) in [5, 5.41) is 4.74. The van der Waals surface area contributed by atoms with E-state index in [0.29, 0.717) is 11.3 Å². The van der Waals surface area contributed by atoms with Crippen LogP contribution in [0.15, 0.2) is 49.1 Å². The number of rotatable bonds is 4. The summed E-state index contributed by atoms with van der Waals surface area (Å²) in [6.45, 7) is 0. The van der Waals surface area contributed by atoms with Crippen LogP contribution in [-0.2, 0) is 4.79 Å². The molecule has 3 rings (SSSR count). The summed E-state index contributed by atoms with van der Waals surface area (Å²) >= 11 is 0. The fourth-order valence-electron chi connectivity index (χ4n) is 2.21. The Kier molecular flexibility index (Phi) is 4.57. The van der Waals surface area contributed by atoms with Crippen LogP contribution in [0.3, 0.4) is 0 Å². The largest absolute Gasteiger partial charge is 0.397 e. The normalized spacial score (nSPS) is 11.3. The minimum Gasteiger partial charge on any atom is -0.326 e. The highest BCUT2D eigenvalue weighted by Gasteiger charge is 2.31. The second-order valence-corrected chi connectivity index (χ2v) is 5.32. The molecule has 0 fully saturated rings. The van der Waals surface area contributed by atoms with Gasteiger partial charge >= 0.3 is 6.18 Å². The number of hydrogen-bond acceptors (Lipinski definition) is 4. The summed E-state index contributed by atoms with van der Waals surface area (Å²) in [5.41, 5.74) is 1.10. The highest BCUT2D eigenvalue weighted by molar-refractivity contribution is 6.06. The molecule has 26 heavy (non-hydrogen) atoms. The molecule has 0 atom stereocenters. The Balaban J connectivity index is 1.66. The number of carbonyl (C=O) groups is 2. The van der Waals surface area contributed by atoms with E-state index in [0.717, 1.165) is 0 Å². The highest BCUT2D eigenvalue weighted by atomic mass is 19.4. The molecule has 0 saturated carbocycles. The Labute approximate surface area is 144 Å². The maximum Gasteiger partial charge on any atom is 0.397 e. The van der Waals surface area contributed by atoms with Crippen LogP contribution in [-0.4, -0.2) is 32.4 Å². The maximum atomic E-state index is 12.3. The molecule has 0 radical (unpaired) electrons. The molecule has 7 nitrogen and oxygen atoms in total. The molecule has 2 amide bonds. The summed E-state index contributed by atoms with van der Waals surface area (Å²) < 4.78 is 38.0. The fourth-order valence-corrected chi connectivity index (χ4v) is 2.21. The van der Waals surface area contributed by atoms with Crippen LogP contribution >= 0.6 is 0 Å². The summed E-state index contributed by atoms with van der Waals surface area (Å²) in [6.07, 6.45) is -1.45. The van der Waals surface area contributed by atoms with Gasteiger partial charge in [-0.1, -0.05) is 0 Å². The number of hydrogen-bond donors (Lipinski definition) is 2. The molecule has 1 aromatic carbocycles. The van der Waals surface area contributed by atoms with Crippen LogP contribution in [0.5, 0.6) is 0 Å². The first-order valence-electron chi connectivity index (χ1n) is 7.37. The third-order valence-electron chi connectivity index (χ3n) is 3.30. The molecule has 134 valence electrons. The van der Waals surface area contributed by atoms with E-state index >= 15 is 0 Å². The molecule has 10 heteroatoms. The summed E-state index contributed by atoms with van der Waals surface area (Å²) in [7, 11) is 0. The standard InChI is InChI=1S/C16H12F3N5O2/c17-16(18,19)8-12(25)22-10-2-4-11(5-3-10)23-15(26)13-14-20-6-1-7-24(14)9-21-13/h1-7,9H,8H2,(H,22,25)(H,23,26). The van der Waals surface area contributed by atoms with E-state index in [2.05, 4.69) is 20.6 Å². The fraction of sp³-hybridized carbons (Fsp3) is 0.125. The SMILES string of the molecule is O=C(CC(F)(F)F)Nc1ccc(NC(=O)c2ncn3cccnc23)cc1. The van der Waals surface area contributed by atoms with Gasteiger partial charge in [0, 0.05) is 23.8 Å². The van der Waals surface area contributed by atoms with Crippen molar-refractivity contribution in [2.75, 3.05) is 10.6 Å². The predicted molar refractivity (Wildman–Crippen MR) is 86.7 cm³/mol. The Morgan fingerprint density at radius 1 is 1.04 bits per heavy atom. The van der Waals surface area contributed by atoms with Crippen molar-refractivity contribution in [3.63, 3.8) is 0 Å². The van der Waals surface area contributed by atoms with Gasteiger partial charge in [-0.25, -0.2) is 9.97 Å². The van der Waals surface area contributed by atoms with Crippen LogP contribution in [0, 0.1) is 0 Å². The van der Waals surface area contributed by atoms with Crippen molar-refractivity contribution >= 4 is 28.8 Å². The van der Waals surface area contributed by atoms with E-state index in [-0.39, 0.29) is 11.4 Å². The molecule has 0 bridgehead atoms. The first-order chi connectivity index (χ1) is 12.3. The van der Waals surface area contributed by atoms with Crippen LogP contribution in [0.2, 0.25) is 0 Å². The van der Waals surface area contributed by atoms with Gasteiger partial charge in [0.1, 0.15) is 12.7 Å². The number of anilines is 2. The van der Waals surface area contributed by atoms with Gasteiger partial charge in [-0.3, -0.25) is 14.0 Å². The van der Waals surface area contributed by atoms with Crippen molar-refractivity contribution in [1.29, 1.82) is 0 Å². The van der Waals surface area contributed by atoms with Crippen molar-refractivity contribution < 1.29 is 22.8 Å². The van der Waals surface area contributed by atoms with Gasteiger partial charge in [0.25, 0.3) is 5.91 Å². The highest BCUT2D eigenvalue weighted by Crippen LogP contribution is 2.21. The van der Waals surface area contributed by atoms with Crippen molar-refractivity contribution in [3.8, 4) is 0 Å². The van der Waals surface area contributed by atoms with Crippen molar-refractivity contribution in [2.24, 2.45) is 0 Å². The van der Waals surface area contributed by atoms with Crippen LogP contribution < -0.4 is 10.6 Å². The van der Waals surface area contributed by atoms with Gasteiger partial charge in [-0.2, -0.15) is 13.2 Å². The number of amides is 2. The quantitative estimate of drug-likeness (QED) is 0.746. The monoisotopic (exact) mass is 363 g/mol.